The average Bonchev–Trinajstić information content (AvgIpc) is 3.21. The molecule has 2 aliphatic rings. The van der Waals surface area contributed by atoms with Crippen molar-refractivity contribution in [2.24, 2.45) is 5.92 Å². The minimum absolute atomic E-state index is 0.00522. The Morgan fingerprint density at radius 1 is 1.09 bits per heavy atom. The fourth-order valence-corrected chi connectivity index (χ4v) is 4.62. The maximum atomic E-state index is 12.8. The van der Waals surface area contributed by atoms with Gasteiger partial charge in [-0.1, -0.05) is 50.2 Å². The van der Waals surface area contributed by atoms with E-state index < -0.39 is 0 Å². The van der Waals surface area contributed by atoms with Gasteiger partial charge < -0.3 is 15.3 Å². The van der Waals surface area contributed by atoms with Crippen LogP contribution in [0.15, 0.2) is 48.5 Å². The lowest BCUT2D eigenvalue weighted by Crippen LogP contribution is -2.35. The first-order valence-electron chi connectivity index (χ1n) is 12.1. The number of likely N-dealkylation sites (tertiary alicyclic amines) is 1. The first-order valence-corrected chi connectivity index (χ1v) is 12.1. The van der Waals surface area contributed by atoms with Gasteiger partial charge in [0.15, 0.2) is 0 Å². The summed E-state index contributed by atoms with van der Waals surface area (Å²) in [6.45, 7) is 7.89. The number of aliphatic hydroxyl groups excluding tert-OH is 1. The second kappa shape index (κ2) is 10.5. The third-order valence-corrected chi connectivity index (χ3v) is 6.80. The van der Waals surface area contributed by atoms with Gasteiger partial charge in [0.1, 0.15) is 0 Å². The third kappa shape index (κ3) is 6.01. The number of aliphatic hydroxyl groups is 1. The van der Waals surface area contributed by atoms with Crippen LogP contribution in [0.25, 0.3) is 0 Å². The van der Waals surface area contributed by atoms with Crippen LogP contribution in [0.5, 0.6) is 0 Å². The van der Waals surface area contributed by atoms with E-state index in [2.05, 4.69) is 60.5 Å². The Labute approximate surface area is 196 Å². The molecule has 176 valence electrons. The van der Waals surface area contributed by atoms with E-state index in [9.17, 15) is 14.7 Å². The number of benzene rings is 2. The number of nitrogens with one attached hydrogen (secondary N) is 1. The van der Waals surface area contributed by atoms with Gasteiger partial charge in [0.25, 0.3) is 0 Å². The molecule has 6 heteroatoms. The summed E-state index contributed by atoms with van der Waals surface area (Å²) in [7, 11) is 0. The molecule has 0 radical (unpaired) electrons. The Hall–Kier alpha value is -2.70. The van der Waals surface area contributed by atoms with Crippen molar-refractivity contribution in [3.05, 3.63) is 65.2 Å². The van der Waals surface area contributed by atoms with Gasteiger partial charge in [0.05, 0.1) is 12.0 Å². The summed E-state index contributed by atoms with van der Waals surface area (Å²) in [5.41, 5.74) is 4.35. The maximum Gasteiger partial charge on any atom is 0.227 e. The predicted molar refractivity (Wildman–Crippen MR) is 130 cm³/mol. The molecule has 2 N–H and O–H groups in total. The number of carbonyl (C=O) groups excluding carboxylic acids is 2. The molecule has 0 spiro atoms. The summed E-state index contributed by atoms with van der Waals surface area (Å²) in [5, 5.41) is 12.7. The van der Waals surface area contributed by atoms with Crippen LogP contribution in [0, 0.1) is 5.92 Å². The van der Waals surface area contributed by atoms with E-state index in [1.54, 1.807) is 4.90 Å². The zero-order chi connectivity index (χ0) is 23.4. The lowest BCUT2D eigenvalue weighted by atomic mass is 10.0. The summed E-state index contributed by atoms with van der Waals surface area (Å²) in [4.78, 5) is 29.5. The highest BCUT2D eigenvalue weighted by Crippen LogP contribution is 2.28. The second-order valence-electron chi connectivity index (χ2n) is 9.70. The molecule has 2 heterocycles. The quantitative estimate of drug-likeness (QED) is 0.679. The van der Waals surface area contributed by atoms with E-state index in [4.69, 9.17) is 0 Å². The monoisotopic (exact) mass is 449 g/mol. The average molecular weight is 450 g/mol. The molecule has 0 saturated carbocycles. The largest absolute Gasteiger partial charge is 0.393 e. The molecular formula is C27H35N3O3. The van der Waals surface area contributed by atoms with Crippen molar-refractivity contribution in [3.63, 3.8) is 0 Å². The minimum atomic E-state index is -0.325. The number of hydrogen-bond donors (Lipinski definition) is 2. The smallest absolute Gasteiger partial charge is 0.227 e. The van der Waals surface area contributed by atoms with Crippen LogP contribution in [0.2, 0.25) is 0 Å². The first-order chi connectivity index (χ1) is 15.9. The Morgan fingerprint density at radius 3 is 2.48 bits per heavy atom. The van der Waals surface area contributed by atoms with Gasteiger partial charge in [-0.2, -0.15) is 0 Å². The molecule has 33 heavy (non-hydrogen) atoms. The highest BCUT2D eigenvalue weighted by atomic mass is 16.3. The van der Waals surface area contributed by atoms with E-state index in [-0.39, 0.29) is 30.3 Å². The summed E-state index contributed by atoms with van der Waals surface area (Å²) in [6, 6.07) is 16.4. The molecule has 0 bridgehead atoms. The molecule has 2 amide bonds. The van der Waals surface area contributed by atoms with Crippen LogP contribution in [0.4, 0.5) is 5.69 Å². The molecule has 0 aromatic heterocycles. The summed E-state index contributed by atoms with van der Waals surface area (Å²) in [6.07, 6.45) is 1.78. The number of hydrogen-bond acceptors (Lipinski definition) is 4. The highest BCUT2D eigenvalue weighted by molar-refractivity contribution is 6.00. The van der Waals surface area contributed by atoms with Crippen molar-refractivity contribution < 1.29 is 14.7 Å². The van der Waals surface area contributed by atoms with Crippen LogP contribution >= 0.6 is 0 Å². The van der Waals surface area contributed by atoms with Crippen molar-refractivity contribution in [2.45, 2.75) is 58.2 Å². The van der Waals surface area contributed by atoms with Gasteiger partial charge in [-0.05, 0) is 47.6 Å². The van der Waals surface area contributed by atoms with Gasteiger partial charge in [0, 0.05) is 44.8 Å². The maximum absolute atomic E-state index is 12.8. The van der Waals surface area contributed by atoms with Gasteiger partial charge in [0.2, 0.25) is 11.8 Å². The second-order valence-corrected chi connectivity index (χ2v) is 9.70. The molecule has 6 nitrogen and oxygen atoms in total. The summed E-state index contributed by atoms with van der Waals surface area (Å²) < 4.78 is 0. The van der Waals surface area contributed by atoms with Crippen LogP contribution in [0.1, 0.15) is 55.7 Å². The molecule has 2 saturated heterocycles. The standard InChI is InChI=1S/C27H35N3O3/c1-19(2)22-4-3-5-24(14-22)30-18-23(15-26(30)32)27(33)28-16-20-6-8-21(9-7-20)17-29-12-10-25(31)11-13-29/h3-9,14,19,23,25,31H,10-13,15-18H2,1-2H3,(H,28,33). The van der Waals surface area contributed by atoms with Gasteiger partial charge >= 0.3 is 0 Å². The van der Waals surface area contributed by atoms with Gasteiger partial charge in [-0.3, -0.25) is 14.5 Å². The Morgan fingerprint density at radius 2 is 1.79 bits per heavy atom. The summed E-state index contributed by atoms with van der Waals surface area (Å²) >= 11 is 0. The van der Waals surface area contributed by atoms with Crippen LogP contribution in [0.3, 0.4) is 0 Å². The van der Waals surface area contributed by atoms with Crippen molar-refractivity contribution in [1.29, 1.82) is 0 Å². The molecule has 2 aliphatic heterocycles. The fraction of sp³-hybridized carbons (Fsp3) is 0.481. The molecule has 2 aromatic carbocycles. The molecule has 0 aliphatic carbocycles. The van der Waals surface area contributed by atoms with E-state index in [0.29, 0.717) is 19.0 Å². The van der Waals surface area contributed by atoms with E-state index >= 15 is 0 Å². The van der Waals surface area contributed by atoms with Crippen molar-refractivity contribution >= 4 is 17.5 Å². The molecule has 4 rings (SSSR count). The Kier molecular flexibility index (Phi) is 7.46. The Balaban J connectivity index is 1.27. The lowest BCUT2D eigenvalue weighted by molar-refractivity contribution is -0.126. The number of piperidine rings is 1. The van der Waals surface area contributed by atoms with E-state index in [1.165, 1.54) is 11.1 Å². The normalized spacial score (nSPS) is 19.9. The predicted octanol–water partition coefficient (Wildman–Crippen LogP) is 3.44. The van der Waals surface area contributed by atoms with Crippen molar-refractivity contribution in [3.8, 4) is 0 Å². The molecule has 2 fully saturated rings. The fourth-order valence-electron chi connectivity index (χ4n) is 4.62. The zero-order valence-corrected chi connectivity index (χ0v) is 19.7. The number of rotatable bonds is 7. The van der Waals surface area contributed by atoms with Gasteiger partial charge in [-0.15, -0.1) is 0 Å². The molecule has 1 unspecified atom stereocenters. The lowest BCUT2D eigenvalue weighted by Gasteiger charge is -2.29. The van der Waals surface area contributed by atoms with Gasteiger partial charge in [-0.25, -0.2) is 0 Å². The third-order valence-electron chi connectivity index (χ3n) is 6.80. The number of amides is 2. The van der Waals surface area contributed by atoms with Crippen molar-refractivity contribution in [2.75, 3.05) is 24.5 Å². The molecular weight excluding hydrogens is 414 g/mol. The zero-order valence-electron chi connectivity index (χ0n) is 19.7. The highest BCUT2D eigenvalue weighted by Gasteiger charge is 2.35. The Bertz CT molecular complexity index is 965. The van der Waals surface area contributed by atoms with Crippen LogP contribution < -0.4 is 10.2 Å². The number of nitrogens with zero attached hydrogens (tertiary/aromatic N) is 2. The minimum Gasteiger partial charge on any atom is -0.393 e. The van der Waals surface area contributed by atoms with E-state index in [1.807, 2.05) is 12.1 Å². The van der Waals surface area contributed by atoms with Crippen LogP contribution in [-0.2, 0) is 22.7 Å². The first kappa shape index (κ1) is 23.5. The topological polar surface area (TPSA) is 72.9 Å². The summed E-state index contributed by atoms with van der Waals surface area (Å²) in [5.74, 6) is 0.00211. The van der Waals surface area contributed by atoms with Crippen molar-refractivity contribution in [1.82, 2.24) is 10.2 Å². The number of carbonyl (C=O) groups is 2. The molecule has 1 atom stereocenters. The SMILES string of the molecule is CC(C)c1cccc(N2CC(C(=O)NCc3ccc(CN4CCC(O)CC4)cc3)CC2=O)c1. The number of anilines is 1. The van der Waals surface area contributed by atoms with E-state index in [0.717, 1.165) is 43.7 Å². The van der Waals surface area contributed by atoms with Crippen LogP contribution in [-0.4, -0.2) is 47.6 Å². The molecule has 2 aromatic rings.